The fourth-order valence-corrected chi connectivity index (χ4v) is 2.16. The summed E-state index contributed by atoms with van der Waals surface area (Å²) < 4.78 is 5.34. The van der Waals surface area contributed by atoms with Gasteiger partial charge in [-0.15, -0.1) is 0 Å². The van der Waals surface area contributed by atoms with Crippen LogP contribution in [0.1, 0.15) is 11.3 Å². The van der Waals surface area contributed by atoms with Crippen molar-refractivity contribution in [3.8, 4) is 5.75 Å². The zero-order chi connectivity index (χ0) is 13.8. The zero-order valence-corrected chi connectivity index (χ0v) is 11.3. The van der Waals surface area contributed by atoms with Gasteiger partial charge in [0.05, 0.1) is 18.3 Å². The highest BCUT2D eigenvalue weighted by Crippen LogP contribution is 2.24. The van der Waals surface area contributed by atoms with E-state index >= 15 is 0 Å². The molecule has 2 nitrogen and oxygen atoms in total. The van der Waals surface area contributed by atoms with Gasteiger partial charge in [-0.1, -0.05) is 42.5 Å². The number of hydrogen-bond donors (Lipinski definition) is 0. The second-order valence-corrected chi connectivity index (χ2v) is 4.51. The van der Waals surface area contributed by atoms with Gasteiger partial charge in [0.25, 0.3) is 0 Å². The van der Waals surface area contributed by atoms with E-state index in [1.807, 2.05) is 54.6 Å². The lowest BCUT2D eigenvalue weighted by atomic mass is 10.1. The first kappa shape index (κ1) is 12.4. The molecule has 3 rings (SSSR count). The fourth-order valence-electron chi connectivity index (χ4n) is 2.16. The molecule has 0 unspecified atom stereocenters. The van der Waals surface area contributed by atoms with Crippen LogP contribution in [0.15, 0.2) is 60.7 Å². The molecule has 0 radical (unpaired) electrons. The minimum absolute atomic E-state index is 0.855. The predicted molar refractivity (Wildman–Crippen MR) is 83.7 cm³/mol. The van der Waals surface area contributed by atoms with Gasteiger partial charge in [0.15, 0.2) is 0 Å². The number of aromatic nitrogens is 1. The Morgan fingerprint density at radius 3 is 2.50 bits per heavy atom. The summed E-state index contributed by atoms with van der Waals surface area (Å²) in [6.07, 6.45) is 4.09. The summed E-state index contributed by atoms with van der Waals surface area (Å²) in [5.74, 6) is 0.855. The molecule has 0 saturated carbocycles. The van der Waals surface area contributed by atoms with E-state index in [9.17, 15) is 0 Å². The second kappa shape index (κ2) is 5.57. The van der Waals surface area contributed by atoms with Crippen LogP contribution in [0.3, 0.4) is 0 Å². The molecule has 2 heteroatoms. The number of hydrogen-bond acceptors (Lipinski definition) is 2. The smallest absolute Gasteiger partial charge is 0.128 e. The van der Waals surface area contributed by atoms with Crippen molar-refractivity contribution >= 4 is 23.1 Å². The lowest BCUT2D eigenvalue weighted by Gasteiger charge is -2.04. The van der Waals surface area contributed by atoms with E-state index in [0.29, 0.717) is 0 Å². The van der Waals surface area contributed by atoms with E-state index < -0.39 is 0 Å². The molecule has 2 aromatic carbocycles. The van der Waals surface area contributed by atoms with Crippen molar-refractivity contribution in [3.05, 3.63) is 71.9 Å². The fraction of sp³-hybridized carbons (Fsp3) is 0.0556. The van der Waals surface area contributed by atoms with Gasteiger partial charge < -0.3 is 4.74 Å². The summed E-state index contributed by atoms with van der Waals surface area (Å²) >= 11 is 0. The standard InChI is InChI=1S/C18H15NO/c1-20-18-9-5-8-17-16(18)13-12-15(19-17)11-10-14-6-3-2-4-7-14/h2-13H,1H3/b11-10+. The molecule has 0 N–H and O–H groups in total. The Kier molecular flexibility index (Phi) is 3.46. The van der Waals surface area contributed by atoms with Gasteiger partial charge in [-0.05, 0) is 35.9 Å². The number of pyridine rings is 1. The van der Waals surface area contributed by atoms with E-state index in [-0.39, 0.29) is 0 Å². The molecule has 0 atom stereocenters. The van der Waals surface area contributed by atoms with E-state index in [4.69, 9.17) is 4.74 Å². The average molecular weight is 261 g/mol. The first-order valence-electron chi connectivity index (χ1n) is 6.54. The lowest BCUT2D eigenvalue weighted by molar-refractivity contribution is 0.420. The monoisotopic (exact) mass is 261 g/mol. The number of nitrogens with zero attached hydrogens (tertiary/aromatic N) is 1. The van der Waals surface area contributed by atoms with Gasteiger partial charge in [0.2, 0.25) is 0 Å². The summed E-state index contributed by atoms with van der Waals surface area (Å²) in [6, 6.07) is 20.2. The number of ether oxygens (including phenoxy) is 1. The van der Waals surface area contributed by atoms with Gasteiger partial charge in [-0.3, -0.25) is 0 Å². The third kappa shape index (κ3) is 2.54. The van der Waals surface area contributed by atoms with E-state index in [1.165, 1.54) is 5.56 Å². The highest BCUT2D eigenvalue weighted by Gasteiger charge is 2.01. The van der Waals surface area contributed by atoms with E-state index in [2.05, 4.69) is 23.2 Å². The highest BCUT2D eigenvalue weighted by atomic mass is 16.5. The van der Waals surface area contributed by atoms with Crippen LogP contribution >= 0.6 is 0 Å². The molecular formula is C18H15NO. The second-order valence-electron chi connectivity index (χ2n) is 4.51. The minimum Gasteiger partial charge on any atom is -0.496 e. The molecule has 0 bridgehead atoms. The Bertz CT molecular complexity index is 748. The van der Waals surface area contributed by atoms with Gasteiger partial charge in [-0.2, -0.15) is 0 Å². The molecule has 0 spiro atoms. The molecule has 0 saturated heterocycles. The summed E-state index contributed by atoms with van der Waals surface area (Å²) in [5.41, 5.74) is 3.05. The van der Waals surface area contributed by atoms with Gasteiger partial charge in [0, 0.05) is 5.39 Å². The summed E-state index contributed by atoms with van der Waals surface area (Å²) in [6.45, 7) is 0. The molecule has 0 amide bonds. The van der Waals surface area contributed by atoms with Crippen LogP contribution in [0.4, 0.5) is 0 Å². The van der Waals surface area contributed by atoms with Crippen molar-refractivity contribution in [2.45, 2.75) is 0 Å². The van der Waals surface area contributed by atoms with Crippen molar-refractivity contribution in [1.29, 1.82) is 0 Å². The Morgan fingerprint density at radius 2 is 1.70 bits per heavy atom. The minimum atomic E-state index is 0.855. The Labute approximate surface area is 118 Å². The van der Waals surface area contributed by atoms with Crippen LogP contribution < -0.4 is 4.74 Å². The molecule has 1 heterocycles. The number of benzene rings is 2. The SMILES string of the molecule is COc1cccc2nc(/C=C/c3ccccc3)ccc12. The quantitative estimate of drug-likeness (QED) is 0.696. The molecule has 20 heavy (non-hydrogen) atoms. The van der Waals surface area contributed by atoms with Crippen LogP contribution in [-0.4, -0.2) is 12.1 Å². The van der Waals surface area contributed by atoms with Crippen LogP contribution in [0.2, 0.25) is 0 Å². The topological polar surface area (TPSA) is 22.1 Å². The Hall–Kier alpha value is -2.61. The van der Waals surface area contributed by atoms with Crippen LogP contribution in [0, 0.1) is 0 Å². The summed E-state index contributed by atoms with van der Waals surface area (Å²) in [5, 5.41) is 1.03. The van der Waals surface area contributed by atoms with Crippen molar-refractivity contribution in [2.75, 3.05) is 7.11 Å². The Balaban J connectivity index is 1.96. The molecular weight excluding hydrogens is 246 g/mol. The number of fused-ring (bicyclic) bond motifs is 1. The average Bonchev–Trinajstić information content (AvgIpc) is 2.53. The third-order valence-corrected chi connectivity index (χ3v) is 3.18. The molecule has 0 fully saturated rings. The normalized spacial score (nSPS) is 11.1. The maximum Gasteiger partial charge on any atom is 0.128 e. The van der Waals surface area contributed by atoms with E-state index in [1.54, 1.807) is 7.11 Å². The first-order chi connectivity index (χ1) is 9.86. The van der Waals surface area contributed by atoms with Crippen LogP contribution in [-0.2, 0) is 0 Å². The van der Waals surface area contributed by atoms with Gasteiger partial charge >= 0.3 is 0 Å². The zero-order valence-electron chi connectivity index (χ0n) is 11.3. The van der Waals surface area contributed by atoms with Crippen molar-refractivity contribution in [1.82, 2.24) is 4.98 Å². The van der Waals surface area contributed by atoms with Crippen molar-refractivity contribution in [3.63, 3.8) is 0 Å². The van der Waals surface area contributed by atoms with Crippen LogP contribution in [0.5, 0.6) is 5.75 Å². The van der Waals surface area contributed by atoms with E-state index in [0.717, 1.165) is 22.3 Å². The van der Waals surface area contributed by atoms with Gasteiger partial charge in [-0.25, -0.2) is 4.98 Å². The first-order valence-corrected chi connectivity index (χ1v) is 6.54. The van der Waals surface area contributed by atoms with Crippen molar-refractivity contribution in [2.24, 2.45) is 0 Å². The van der Waals surface area contributed by atoms with Crippen molar-refractivity contribution < 1.29 is 4.74 Å². The Morgan fingerprint density at radius 1 is 0.850 bits per heavy atom. The number of rotatable bonds is 3. The molecule has 1 aromatic heterocycles. The maximum absolute atomic E-state index is 5.34. The molecule has 0 aliphatic carbocycles. The lowest BCUT2D eigenvalue weighted by Crippen LogP contribution is -1.88. The summed E-state index contributed by atoms with van der Waals surface area (Å²) in [4.78, 5) is 4.63. The predicted octanol–water partition coefficient (Wildman–Crippen LogP) is 4.41. The number of methoxy groups -OCH3 is 1. The van der Waals surface area contributed by atoms with Gasteiger partial charge in [0.1, 0.15) is 5.75 Å². The molecule has 3 aromatic rings. The largest absolute Gasteiger partial charge is 0.496 e. The molecule has 98 valence electrons. The molecule has 0 aliphatic heterocycles. The summed E-state index contributed by atoms with van der Waals surface area (Å²) in [7, 11) is 1.68. The highest BCUT2D eigenvalue weighted by molar-refractivity contribution is 5.86. The van der Waals surface area contributed by atoms with Crippen LogP contribution in [0.25, 0.3) is 23.1 Å². The third-order valence-electron chi connectivity index (χ3n) is 3.18. The molecule has 0 aliphatic rings. The maximum atomic E-state index is 5.34.